The lowest BCUT2D eigenvalue weighted by atomic mass is 10.1. The third kappa shape index (κ3) is 5.47. The van der Waals surface area contributed by atoms with Crippen molar-refractivity contribution in [3.63, 3.8) is 0 Å². The molecule has 0 unspecified atom stereocenters. The number of benzene rings is 1. The number of amides is 1. The number of hydrogen-bond donors (Lipinski definition) is 1. The first-order valence-electron chi connectivity index (χ1n) is 10.2. The number of hydrogen-bond acceptors (Lipinski definition) is 8. The standard InChI is InChI=1S/C22H21ClFN5O3S/c1-32-21(31)14-11-15(26-18(12-14)27-22-25-5-10-33-22)13-28-6-8-29(9-7-28)20(30)16-3-2-4-17(23)19(16)24/h2-5,10-12H,6-9,13H2,1H3,(H,25,26,27). The fourth-order valence-electron chi connectivity index (χ4n) is 3.54. The Morgan fingerprint density at radius 2 is 2.03 bits per heavy atom. The van der Waals surface area contributed by atoms with Gasteiger partial charge in [0, 0.05) is 44.3 Å². The molecule has 1 saturated heterocycles. The molecule has 1 aliphatic heterocycles. The molecule has 33 heavy (non-hydrogen) atoms. The van der Waals surface area contributed by atoms with Crippen molar-refractivity contribution in [2.24, 2.45) is 0 Å². The maximum Gasteiger partial charge on any atom is 0.338 e. The van der Waals surface area contributed by atoms with Gasteiger partial charge in [0.25, 0.3) is 5.91 Å². The monoisotopic (exact) mass is 489 g/mol. The first-order valence-corrected chi connectivity index (χ1v) is 11.4. The molecule has 11 heteroatoms. The summed E-state index contributed by atoms with van der Waals surface area (Å²) in [5.74, 6) is -1.04. The predicted octanol–water partition coefficient (Wildman–Crippen LogP) is 3.82. The Bertz CT molecular complexity index is 1150. The van der Waals surface area contributed by atoms with Crippen molar-refractivity contribution in [3.8, 4) is 0 Å². The molecule has 0 atom stereocenters. The molecule has 1 aliphatic rings. The summed E-state index contributed by atoms with van der Waals surface area (Å²) in [4.78, 5) is 37.4. The summed E-state index contributed by atoms with van der Waals surface area (Å²) in [5.41, 5.74) is 1.03. The van der Waals surface area contributed by atoms with E-state index >= 15 is 0 Å². The summed E-state index contributed by atoms with van der Waals surface area (Å²) in [5, 5.41) is 5.53. The van der Waals surface area contributed by atoms with Gasteiger partial charge in [-0.2, -0.15) is 0 Å². The lowest BCUT2D eigenvalue weighted by molar-refractivity contribution is 0.0594. The molecule has 8 nitrogen and oxygen atoms in total. The molecule has 0 radical (unpaired) electrons. The van der Waals surface area contributed by atoms with Crippen molar-refractivity contribution in [2.75, 3.05) is 38.6 Å². The number of rotatable bonds is 6. The molecule has 1 aromatic carbocycles. The Labute approximate surface area is 199 Å². The molecule has 2 aromatic heterocycles. The van der Waals surface area contributed by atoms with E-state index < -0.39 is 11.8 Å². The molecule has 3 heterocycles. The van der Waals surface area contributed by atoms with Gasteiger partial charge in [-0.15, -0.1) is 11.3 Å². The number of halogens is 2. The smallest absolute Gasteiger partial charge is 0.338 e. The average molecular weight is 490 g/mol. The number of esters is 1. The number of nitrogens with one attached hydrogen (secondary N) is 1. The zero-order chi connectivity index (χ0) is 23.4. The van der Waals surface area contributed by atoms with Gasteiger partial charge in [0.15, 0.2) is 10.9 Å². The molecule has 0 saturated carbocycles. The third-order valence-corrected chi connectivity index (χ3v) is 6.17. The minimum Gasteiger partial charge on any atom is -0.465 e. The number of thiazole rings is 1. The van der Waals surface area contributed by atoms with E-state index in [4.69, 9.17) is 16.3 Å². The molecular formula is C22H21ClFN5O3S. The molecule has 1 amide bonds. The minimum atomic E-state index is -0.698. The third-order valence-electron chi connectivity index (χ3n) is 5.19. The SMILES string of the molecule is COC(=O)c1cc(CN2CCN(C(=O)c3cccc(Cl)c3F)CC2)nc(Nc2nccs2)c1. The molecule has 1 fully saturated rings. The molecule has 0 aliphatic carbocycles. The summed E-state index contributed by atoms with van der Waals surface area (Å²) in [6.45, 7) is 2.50. The lowest BCUT2D eigenvalue weighted by Gasteiger charge is -2.34. The molecule has 0 bridgehead atoms. The highest BCUT2D eigenvalue weighted by Crippen LogP contribution is 2.22. The average Bonchev–Trinajstić information content (AvgIpc) is 3.33. The quantitative estimate of drug-likeness (QED) is 0.526. The van der Waals surface area contributed by atoms with Crippen LogP contribution in [0.15, 0.2) is 41.9 Å². The number of nitrogens with zero attached hydrogens (tertiary/aromatic N) is 4. The van der Waals surface area contributed by atoms with Gasteiger partial charge in [-0.25, -0.2) is 19.2 Å². The van der Waals surface area contributed by atoms with Gasteiger partial charge in [-0.3, -0.25) is 9.69 Å². The second-order valence-corrected chi connectivity index (χ2v) is 8.66. The van der Waals surface area contributed by atoms with Crippen LogP contribution in [0.1, 0.15) is 26.4 Å². The summed E-state index contributed by atoms with van der Waals surface area (Å²) in [6, 6.07) is 7.73. The van der Waals surface area contributed by atoms with Gasteiger partial charge < -0.3 is 15.0 Å². The Morgan fingerprint density at radius 3 is 2.73 bits per heavy atom. The summed E-state index contributed by atoms with van der Waals surface area (Å²) in [7, 11) is 1.33. The van der Waals surface area contributed by atoms with Gasteiger partial charge in [0.2, 0.25) is 0 Å². The number of pyridine rings is 1. The topological polar surface area (TPSA) is 87.7 Å². The van der Waals surface area contributed by atoms with E-state index in [1.165, 1.54) is 30.6 Å². The Hall–Kier alpha value is -3.08. The molecule has 3 aromatic rings. The maximum absolute atomic E-state index is 14.2. The lowest BCUT2D eigenvalue weighted by Crippen LogP contribution is -2.48. The van der Waals surface area contributed by atoms with Crippen molar-refractivity contribution in [2.45, 2.75) is 6.54 Å². The number of anilines is 2. The fraction of sp³-hybridized carbons (Fsp3) is 0.273. The zero-order valence-electron chi connectivity index (χ0n) is 17.8. The second-order valence-electron chi connectivity index (χ2n) is 7.36. The van der Waals surface area contributed by atoms with Gasteiger partial charge in [0.1, 0.15) is 5.82 Å². The van der Waals surface area contributed by atoms with Gasteiger partial charge in [0.05, 0.1) is 29.0 Å². The van der Waals surface area contributed by atoms with E-state index in [1.807, 2.05) is 5.38 Å². The number of aromatic nitrogens is 2. The molecule has 4 rings (SSSR count). The number of methoxy groups -OCH3 is 1. The molecule has 1 N–H and O–H groups in total. The van der Waals surface area contributed by atoms with Crippen LogP contribution in [0.4, 0.5) is 15.3 Å². The summed E-state index contributed by atoms with van der Waals surface area (Å²) >= 11 is 7.23. The Morgan fingerprint density at radius 1 is 1.24 bits per heavy atom. The largest absolute Gasteiger partial charge is 0.465 e. The first kappa shape index (κ1) is 23.1. The normalized spacial score (nSPS) is 14.2. The molecule has 0 spiro atoms. The van der Waals surface area contributed by atoms with E-state index in [1.54, 1.807) is 29.3 Å². The fourth-order valence-corrected chi connectivity index (χ4v) is 4.25. The van der Waals surface area contributed by atoms with Crippen molar-refractivity contribution in [3.05, 3.63) is 69.6 Å². The van der Waals surface area contributed by atoms with Crippen LogP contribution in [-0.4, -0.2) is 64.9 Å². The van der Waals surface area contributed by atoms with E-state index in [9.17, 15) is 14.0 Å². The van der Waals surface area contributed by atoms with Gasteiger partial charge in [-0.1, -0.05) is 17.7 Å². The Balaban J connectivity index is 1.43. The number of piperazine rings is 1. The Kier molecular flexibility index (Phi) is 7.17. The van der Waals surface area contributed by atoms with Crippen LogP contribution in [0.2, 0.25) is 5.02 Å². The van der Waals surface area contributed by atoms with Gasteiger partial charge >= 0.3 is 5.97 Å². The van der Waals surface area contributed by atoms with Crippen LogP contribution >= 0.6 is 22.9 Å². The molecule has 172 valence electrons. The van der Waals surface area contributed by atoms with Crippen LogP contribution < -0.4 is 5.32 Å². The summed E-state index contributed by atoms with van der Waals surface area (Å²) in [6.07, 6.45) is 1.67. The summed E-state index contributed by atoms with van der Waals surface area (Å²) < 4.78 is 19.1. The first-order chi connectivity index (χ1) is 15.9. The van der Waals surface area contributed by atoms with E-state index in [0.717, 1.165) is 0 Å². The van der Waals surface area contributed by atoms with Crippen molar-refractivity contribution < 1.29 is 18.7 Å². The highest BCUT2D eigenvalue weighted by atomic mass is 35.5. The van der Waals surface area contributed by atoms with E-state index in [2.05, 4.69) is 20.2 Å². The van der Waals surface area contributed by atoms with Crippen LogP contribution in [0.5, 0.6) is 0 Å². The van der Waals surface area contributed by atoms with Crippen LogP contribution in [-0.2, 0) is 11.3 Å². The number of carbonyl (C=O) groups is 2. The van der Waals surface area contributed by atoms with Crippen molar-refractivity contribution >= 4 is 45.8 Å². The van der Waals surface area contributed by atoms with E-state index in [-0.39, 0.29) is 16.5 Å². The van der Waals surface area contributed by atoms with Crippen LogP contribution in [0.3, 0.4) is 0 Å². The predicted molar refractivity (Wildman–Crippen MR) is 124 cm³/mol. The molecular weight excluding hydrogens is 469 g/mol. The van der Waals surface area contributed by atoms with Crippen molar-refractivity contribution in [1.29, 1.82) is 0 Å². The van der Waals surface area contributed by atoms with E-state index in [0.29, 0.717) is 54.9 Å². The van der Waals surface area contributed by atoms with Gasteiger partial charge in [-0.05, 0) is 24.3 Å². The van der Waals surface area contributed by atoms with Crippen molar-refractivity contribution in [1.82, 2.24) is 19.8 Å². The van der Waals surface area contributed by atoms with Crippen LogP contribution in [0, 0.1) is 5.82 Å². The zero-order valence-corrected chi connectivity index (χ0v) is 19.3. The highest BCUT2D eigenvalue weighted by molar-refractivity contribution is 7.13. The maximum atomic E-state index is 14.2. The number of ether oxygens (including phenoxy) is 1. The minimum absolute atomic E-state index is 0.0266. The highest BCUT2D eigenvalue weighted by Gasteiger charge is 2.25. The van der Waals surface area contributed by atoms with Crippen LogP contribution in [0.25, 0.3) is 0 Å². The second kappa shape index (κ2) is 10.2. The number of carbonyl (C=O) groups excluding carboxylic acids is 2.